The molecule has 3 aromatic carbocycles. The number of hydrogen-bond donors (Lipinski definition) is 2. The zero-order valence-electron chi connectivity index (χ0n) is 17.8. The Morgan fingerprint density at radius 1 is 1.06 bits per heavy atom. The Labute approximate surface area is 212 Å². The quantitative estimate of drug-likeness (QED) is 0.251. The Balaban J connectivity index is 1.83. The predicted molar refractivity (Wildman–Crippen MR) is 132 cm³/mol. The number of phenolic OH excluding ortho intramolecular Hbond substituents is 1. The molecule has 178 valence electrons. The van der Waals surface area contributed by atoms with E-state index < -0.39 is 20.9 Å². The molecular formula is C22H18Br2N2O7S. The standard InChI is InChI=1S/C22H18Br2N2O7S/c1-12(2)17-11-15(5-8-20(17)27)33-21-18(23)9-13(10-19(21)24)22(28)25-34(31,32)16-6-3-14(4-7-16)26(29)30/h3-12,27H,1-2H3,(H,25,28). The van der Waals surface area contributed by atoms with E-state index in [9.17, 15) is 28.4 Å². The van der Waals surface area contributed by atoms with E-state index in [1.807, 2.05) is 18.6 Å². The lowest BCUT2D eigenvalue weighted by molar-refractivity contribution is -0.384. The van der Waals surface area contributed by atoms with Gasteiger partial charge < -0.3 is 9.84 Å². The summed E-state index contributed by atoms with van der Waals surface area (Å²) in [5.74, 6) is 0.120. The number of nitrogens with zero attached hydrogens (tertiary/aromatic N) is 1. The van der Waals surface area contributed by atoms with Gasteiger partial charge in [0.15, 0.2) is 5.75 Å². The molecule has 0 saturated heterocycles. The molecule has 9 nitrogen and oxygen atoms in total. The van der Waals surface area contributed by atoms with Gasteiger partial charge in [-0.25, -0.2) is 13.1 Å². The smallest absolute Gasteiger partial charge is 0.269 e. The summed E-state index contributed by atoms with van der Waals surface area (Å²) in [7, 11) is -4.26. The van der Waals surface area contributed by atoms with Crippen LogP contribution < -0.4 is 9.46 Å². The van der Waals surface area contributed by atoms with Crippen LogP contribution in [0.2, 0.25) is 0 Å². The van der Waals surface area contributed by atoms with Gasteiger partial charge in [-0.15, -0.1) is 0 Å². The Bertz CT molecular complexity index is 1350. The largest absolute Gasteiger partial charge is 0.508 e. The second-order valence-corrected chi connectivity index (χ2v) is 10.8. The van der Waals surface area contributed by atoms with Crippen LogP contribution in [0.3, 0.4) is 0 Å². The predicted octanol–water partition coefficient (Wildman–Crippen LogP) is 5.86. The number of benzene rings is 3. The Morgan fingerprint density at radius 2 is 1.65 bits per heavy atom. The SMILES string of the molecule is CC(C)c1cc(Oc2c(Br)cc(C(=O)NS(=O)(=O)c3ccc([N+](=O)[O-])cc3)cc2Br)ccc1O. The summed E-state index contributed by atoms with van der Waals surface area (Å²) in [5, 5.41) is 20.7. The average molecular weight is 614 g/mol. The minimum absolute atomic E-state index is 0.0187. The number of amides is 1. The molecule has 0 radical (unpaired) electrons. The van der Waals surface area contributed by atoms with Crippen LogP contribution in [0.25, 0.3) is 0 Å². The molecule has 0 saturated carbocycles. The summed E-state index contributed by atoms with van der Waals surface area (Å²) in [5.41, 5.74) is 0.449. The first kappa shape index (κ1) is 25.7. The number of nitro groups is 1. The summed E-state index contributed by atoms with van der Waals surface area (Å²) < 4.78 is 33.6. The molecule has 0 heterocycles. The molecule has 0 spiro atoms. The van der Waals surface area contributed by atoms with Crippen molar-refractivity contribution in [2.45, 2.75) is 24.7 Å². The summed E-state index contributed by atoms with van der Waals surface area (Å²) in [6, 6.07) is 11.8. The van der Waals surface area contributed by atoms with Gasteiger partial charge in [-0.2, -0.15) is 0 Å². The van der Waals surface area contributed by atoms with Crippen LogP contribution in [-0.2, 0) is 10.0 Å². The number of ether oxygens (including phenoxy) is 1. The Morgan fingerprint density at radius 3 is 2.18 bits per heavy atom. The minimum atomic E-state index is -4.26. The van der Waals surface area contributed by atoms with E-state index in [1.54, 1.807) is 12.1 Å². The van der Waals surface area contributed by atoms with Crippen molar-refractivity contribution in [2.75, 3.05) is 0 Å². The molecule has 0 aliphatic carbocycles. The molecule has 34 heavy (non-hydrogen) atoms. The van der Waals surface area contributed by atoms with E-state index in [2.05, 4.69) is 31.9 Å². The van der Waals surface area contributed by atoms with Gasteiger partial charge in [0.25, 0.3) is 21.6 Å². The van der Waals surface area contributed by atoms with Crippen molar-refractivity contribution in [2.24, 2.45) is 0 Å². The minimum Gasteiger partial charge on any atom is -0.508 e. The molecule has 0 atom stereocenters. The van der Waals surface area contributed by atoms with Gasteiger partial charge in [0.05, 0.1) is 18.8 Å². The van der Waals surface area contributed by atoms with Crippen LogP contribution in [0.1, 0.15) is 35.7 Å². The number of rotatable bonds is 7. The van der Waals surface area contributed by atoms with Crippen LogP contribution in [0.15, 0.2) is 68.4 Å². The van der Waals surface area contributed by atoms with E-state index in [0.29, 0.717) is 26.0 Å². The first-order valence-corrected chi connectivity index (χ1v) is 12.8. The molecule has 3 aromatic rings. The van der Waals surface area contributed by atoms with Crippen LogP contribution >= 0.6 is 31.9 Å². The molecule has 0 bridgehead atoms. The van der Waals surface area contributed by atoms with Crippen molar-refractivity contribution in [3.8, 4) is 17.2 Å². The average Bonchev–Trinajstić information content (AvgIpc) is 2.76. The second kappa shape index (κ2) is 10.1. The zero-order valence-corrected chi connectivity index (χ0v) is 21.8. The van der Waals surface area contributed by atoms with Crippen LogP contribution in [0, 0.1) is 10.1 Å². The molecular weight excluding hydrogens is 596 g/mol. The number of halogens is 2. The summed E-state index contributed by atoms with van der Waals surface area (Å²) in [6.45, 7) is 3.87. The van der Waals surface area contributed by atoms with Crippen LogP contribution in [0.4, 0.5) is 5.69 Å². The highest BCUT2D eigenvalue weighted by Gasteiger charge is 2.22. The maximum atomic E-state index is 12.6. The van der Waals surface area contributed by atoms with Crippen molar-refractivity contribution in [3.05, 3.63) is 84.8 Å². The van der Waals surface area contributed by atoms with Gasteiger partial charge in [-0.1, -0.05) is 13.8 Å². The zero-order chi connectivity index (χ0) is 25.2. The second-order valence-electron chi connectivity index (χ2n) is 7.43. The molecule has 1 amide bonds. The van der Waals surface area contributed by atoms with E-state index in [1.165, 1.54) is 18.2 Å². The number of nitrogens with one attached hydrogen (secondary N) is 1. The molecule has 0 aliphatic heterocycles. The Kier molecular flexibility index (Phi) is 7.64. The third-order valence-electron chi connectivity index (χ3n) is 4.69. The fourth-order valence-corrected chi connectivity index (χ4v) is 5.27. The third kappa shape index (κ3) is 5.75. The number of hydrogen-bond acceptors (Lipinski definition) is 7. The fourth-order valence-electron chi connectivity index (χ4n) is 2.95. The summed E-state index contributed by atoms with van der Waals surface area (Å²) in [4.78, 5) is 22.4. The summed E-state index contributed by atoms with van der Waals surface area (Å²) >= 11 is 6.67. The highest BCUT2D eigenvalue weighted by Crippen LogP contribution is 2.39. The van der Waals surface area contributed by atoms with Crippen LogP contribution in [0.5, 0.6) is 17.2 Å². The van der Waals surface area contributed by atoms with Crippen molar-refractivity contribution in [3.63, 3.8) is 0 Å². The summed E-state index contributed by atoms with van der Waals surface area (Å²) in [6.07, 6.45) is 0. The normalized spacial score (nSPS) is 11.3. The number of carbonyl (C=O) groups excluding carboxylic acids is 1. The van der Waals surface area contributed by atoms with Crippen molar-refractivity contribution in [1.29, 1.82) is 0 Å². The van der Waals surface area contributed by atoms with Gasteiger partial charge in [0.2, 0.25) is 0 Å². The monoisotopic (exact) mass is 612 g/mol. The van der Waals surface area contributed by atoms with E-state index in [-0.39, 0.29) is 27.8 Å². The fraction of sp³-hybridized carbons (Fsp3) is 0.136. The molecule has 0 aliphatic rings. The van der Waals surface area contributed by atoms with Gasteiger partial charge >= 0.3 is 0 Å². The van der Waals surface area contributed by atoms with Crippen molar-refractivity contribution >= 4 is 53.5 Å². The number of sulfonamides is 1. The highest BCUT2D eigenvalue weighted by molar-refractivity contribution is 9.11. The maximum Gasteiger partial charge on any atom is 0.269 e. The topological polar surface area (TPSA) is 136 Å². The van der Waals surface area contributed by atoms with Crippen molar-refractivity contribution < 1.29 is 28.0 Å². The lowest BCUT2D eigenvalue weighted by Gasteiger charge is -2.15. The van der Waals surface area contributed by atoms with Crippen molar-refractivity contribution in [1.82, 2.24) is 4.72 Å². The number of phenols is 1. The van der Waals surface area contributed by atoms with Crippen LogP contribution in [-0.4, -0.2) is 24.4 Å². The van der Waals surface area contributed by atoms with Gasteiger partial charge in [0, 0.05) is 23.3 Å². The lowest BCUT2D eigenvalue weighted by atomic mass is 10.0. The van der Waals surface area contributed by atoms with Gasteiger partial charge in [0.1, 0.15) is 11.5 Å². The molecule has 0 aromatic heterocycles. The van der Waals surface area contributed by atoms with E-state index in [4.69, 9.17) is 4.74 Å². The molecule has 12 heteroatoms. The first-order valence-electron chi connectivity index (χ1n) is 9.70. The van der Waals surface area contributed by atoms with E-state index >= 15 is 0 Å². The van der Waals surface area contributed by atoms with Gasteiger partial charge in [-0.05, 0) is 80.2 Å². The highest BCUT2D eigenvalue weighted by atomic mass is 79.9. The number of carbonyl (C=O) groups is 1. The van der Waals surface area contributed by atoms with Gasteiger partial charge in [-0.3, -0.25) is 14.9 Å². The molecule has 3 rings (SSSR count). The number of aromatic hydroxyl groups is 1. The maximum absolute atomic E-state index is 12.6. The number of non-ortho nitro benzene ring substituents is 1. The Hall–Kier alpha value is -2.96. The lowest BCUT2D eigenvalue weighted by Crippen LogP contribution is -2.30. The molecule has 2 N–H and O–H groups in total. The third-order valence-corrected chi connectivity index (χ3v) is 7.21. The molecule has 0 fully saturated rings. The molecule has 0 unspecified atom stereocenters. The first-order chi connectivity index (χ1) is 15.9. The number of nitro benzene ring substituents is 1. The van der Waals surface area contributed by atoms with E-state index in [0.717, 1.165) is 24.3 Å².